The van der Waals surface area contributed by atoms with Gasteiger partial charge in [0.25, 0.3) is 0 Å². The topological polar surface area (TPSA) is 67.4 Å². The Labute approximate surface area is 169 Å². The van der Waals surface area contributed by atoms with Crippen LogP contribution in [-0.2, 0) is 4.79 Å². The Hall–Kier alpha value is -1.59. The van der Waals surface area contributed by atoms with Gasteiger partial charge in [0.15, 0.2) is 5.78 Å². The lowest BCUT2D eigenvalue weighted by Crippen LogP contribution is -2.36. The van der Waals surface area contributed by atoms with Crippen LogP contribution in [0.2, 0.25) is 0 Å². The van der Waals surface area contributed by atoms with Gasteiger partial charge < -0.3 is 15.4 Å². The molecule has 0 aromatic heterocycles. The fourth-order valence-electron chi connectivity index (χ4n) is 3.28. The van der Waals surface area contributed by atoms with Crippen LogP contribution in [0.25, 0.3) is 0 Å². The van der Waals surface area contributed by atoms with Crippen molar-refractivity contribution in [3.05, 3.63) is 29.8 Å². The summed E-state index contributed by atoms with van der Waals surface area (Å²) in [6, 6.07) is 7.76. The number of Topliss-reactive ketones (excluding diaryl/α,β-unsaturated/α-hetero) is 1. The highest BCUT2D eigenvalue weighted by molar-refractivity contribution is 5.94. The van der Waals surface area contributed by atoms with E-state index in [1.165, 1.54) is 45.4 Å². The van der Waals surface area contributed by atoms with Crippen molar-refractivity contribution in [2.24, 2.45) is 0 Å². The number of carbonyl (C=O) groups excluding carboxylic acids is 2. The zero-order chi connectivity index (χ0) is 18.6. The Morgan fingerprint density at radius 1 is 1.11 bits per heavy atom. The third kappa shape index (κ3) is 9.78. The van der Waals surface area contributed by atoms with Gasteiger partial charge in [-0.15, -0.1) is 12.4 Å². The third-order valence-electron chi connectivity index (χ3n) is 4.79. The average molecular weight is 397 g/mol. The first kappa shape index (κ1) is 23.4. The molecule has 2 N–H and O–H groups in total. The van der Waals surface area contributed by atoms with Gasteiger partial charge in [0.1, 0.15) is 5.75 Å². The molecule has 6 heteroatoms. The van der Waals surface area contributed by atoms with Crippen molar-refractivity contribution in [1.29, 1.82) is 0 Å². The number of rotatable bonds is 10. The fraction of sp³-hybridized carbons (Fsp3) is 0.619. The molecule has 0 heterocycles. The Kier molecular flexibility index (Phi) is 11.8. The molecule has 0 aliphatic heterocycles. The van der Waals surface area contributed by atoms with Crippen molar-refractivity contribution < 1.29 is 14.3 Å². The Morgan fingerprint density at radius 3 is 2.56 bits per heavy atom. The maximum absolute atomic E-state index is 11.9. The maximum atomic E-state index is 11.9. The maximum Gasteiger partial charge on any atom is 0.220 e. The molecule has 1 aliphatic rings. The largest absolute Gasteiger partial charge is 0.494 e. The number of ketones is 1. The Bertz CT molecular complexity index is 572. The summed E-state index contributed by atoms with van der Waals surface area (Å²) in [5, 5.41) is 6.51. The standard InChI is InChI=1S/C21H32N2O3.ClH/c1-17(24)18-8-6-11-20(16-18)26-15-7-12-21(25)23-14-13-22-19-9-4-2-3-5-10-19;/h6,8,11,16,19,22H,2-5,7,9-10,12-15H2,1H3,(H,23,25);1H. The molecule has 1 aliphatic carbocycles. The molecule has 0 radical (unpaired) electrons. The zero-order valence-corrected chi connectivity index (χ0v) is 17.1. The molecule has 0 spiro atoms. The lowest BCUT2D eigenvalue weighted by molar-refractivity contribution is -0.121. The van der Waals surface area contributed by atoms with Crippen molar-refractivity contribution in [3.63, 3.8) is 0 Å². The molecular weight excluding hydrogens is 364 g/mol. The van der Waals surface area contributed by atoms with E-state index in [-0.39, 0.29) is 24.1 Å². The van der Waals surface area contributed by atoms with Gasteiger partial charge in [-0.25, -0.2) is 0 Å². The zero-order valence-electron chi connectivity index (χ0n) is 16.3. The first-order valence-electron chi connectivity index (χ1n) is 9.89. The molecular formula is C21H33ClN2O3. The molecule has 0 saturated heterocycles. The lowest BCUT2D eigenvalue weighted by Gasteiger charge is -2.16. The molecule has 0 atom stereocenters. The highest BCUT2D eigenvalue weighted by Crippen LogP contribution is 2.17. The number of nitrogens with one attached hydrogen (secondary N) is 2. The average Bonchev–Trinajstić information content (AvgIpc) is 2.91. The minimum Gasteiger partial charge on any atom is -0.494 e. The van der Waals surface area contributed by atoms with Gasteiger partial charge in [0.2, 0.25) is 5.91 Å². The molecule has 1 aromatic carbocycles. The van der Waals surface area contributed by atoms with E-state index in [0.717, 1.165) is 6.54 Å². The molecule has 1 aromatic rings. The van der Waals surface area contributed by atoms with Gasteiger partial charge in [0.05, 0.1) is 6.61 Å². The normalized spacial score (nSPS) is 14.7. The Morgan fingerprint density at radius 2 is 1.85 bits per heavy atom. The van der Waals surface area contributed by atoms with Gasteiger partial charge in [-0.3, -0.25) is 9.59 Å². The van der Waals surface area contributed by atoms with Crippen molar-refractivity contribution >= 4 is 24.1 Å². The summed E-state index contributed by atoms with van der Waals surface area (Å²) in [7, 11) is 0. The lowest BCUT2D eigenvalue weighted by atomic mass is 10.1. The predicted molar refractivity (Wildman–Crippen MR) is 111 cm³/mol. The number of benzene rings is 1. The smallest absolute Gasteiger partial charge is 0.220 e. The molecule has 2 rings (SSSR count). The molecule has 0 unspecified atom stereocenters. The molecule has 1 amide bonds. The Balaban J connectivity index is 0.00000364. The van der Waals surface area contributed by atoms with Crippen LogP contribution in [0.15, 0.2) is 24.3 Å². The SMILES string of the molecule is CC(=O)c1cccc(OCCCC(=O)NCCNC2CCCCCC2)c1.Cl. The van der Waals surface area contributed by atoms with Crippen molar-refractivity contribution in [3.8, 4) is 5.75 Å². The van der Waals surface area contributed by atoms with E-state index in [4.69, 9.17) is 4.74 Å². The number of ether oxygens (including phenoxy) is 1. The van der Waals surface area contributed by atoms with E-state index in [1.54, 1.807) is 18.2 Å². The fourth-order valence-corrected chi connectivity index (χ4v) is 3.28. The van der Waals surface area contributed by atoms with E-state index in [1.807, 2.05) is 6.07 Å². The van der Waals surface area contributed by atoms with Crippen molar-refractivity contribution in [2.75, 3.05) is 19.7 Å². The number of hydrogen-bond donors (Lipinski definition) is 2. The summed E-state index contributed by atoms with van der Waals surface area (Å²) in [5.74, 6) is 0.756. The van der Waals surface area contributed by atoms with Crippen LogP contribution in [0.5, 0.6) is 5.75 Å². The van der Waals surface area contributed by atoms with E-state index < -0.39 is 0 Å². The first-order valence-corrected chi connectivity index (χ1v) is 9.89. The summed E-state index contributed by atoms with van der Waals surface area (Å²) in [6.45, 7) is 3.52. The second-order valence-electron chi connectivity index (χ2n) is 7.03. The molecule has 152 valence electrons. The van der Waals surface area contributed by atoms with Crippen LogP contribution in [0, 0.1) is 0 Å². The first-order chi connectivity index (χ1) is 12.6. The van der Waals surface area contributed by atoms with E-state index in [2.05, 4.69) is 10.6 Å². The van der Waals surface area contributed by atoms with Gasteiger partial charge in [-0.2, -0.15) is 0 Å². The minimum atomic E-state index is 0. The van der Waals surface area contributed by atoms with Crippen molar-refractivity contribution in [2.45, 2.75) is 64.3 Å². The van der Waals surface area contributed by atoms with E-state index in [9.17, 15) is 9.59 Å². The van der Waals surface area contributed by atoms with Crippen LogP contribution in [0.3, 0.4) is 0 Å². The predicted octanol–water partition coefficient (Wildman–Crippen LogP) is 3.90. The van der Waals surface area contributed by atoms with Gasteiger partial charge in [0, 0.05) is 31.1 Å². The summed E-state index contributed by atoms with van der Waals surface area (Å²) in [5.41, 5.74) is 0.640. The van der Waals surface area contributed by atoms with Gasteiger partial charge in [-0.05, 0) is 38.3 Å². The molecule has 5 nitrogen and oxygen atoms in total. The number of hydrogen-bond acceptors (Lipinski definition) is 4. The summed E-state index contributed by atoms with van der Waals surface area (Å²) >= 11 is 0. The van der Waals surface area contributed by atoms with Crippen molar-refractivity contribution in [1.82, 2.24) is 10.6 Å². The van der Waals surface area contributed by atoms with E-state index in [0.29, 0.717) is 43.3 Å². The van der Waals surface area contributed by atoms with Gasteiger partial charge in [-0.1, -0.05) is 37.8 Å². The van der Waals surface area contributed by atoms with Crippen LogP contribution in [0.4, 0.5) is 0 Å². The van der Waals surface area contributed by atoms with Crippen LogP contribution < -0.4 is 15.4 Å². The summed E-state index contributed by atoms with van der Waals surface area (Å²) in [4.78, 5) is 23.2. The highest BCUT2D eigenvalue weighted by atomic mass is 35.5. The summed E-state index contributed by atoms with van der Waals surface area (Å²) < 4.78 is 5.62. The van der Waals surface area contributed by atoms with Crippen LogP contribution >= 0.6 is 12.4 Å². The number of amides is 1. The molecule has 1 saturated carbocycles. The highest BCUT2D eigenvalue weighted by Gasteiger charge is 2.11. The monoisotopic (exact) mass is 396 g/mol. The van der Waals surface area contributed by atoms with Crippen LogP contribution in [-0.4, -0.2) is 37.4 Å². The molecule has 0 bridgehead atoms. The summed E-state index contributed by atoms with van der Waals surface area (Å²) in [6.07, 6.45) is 8.99. The van der Waals surface area contributed by atoms with Crippen LogP contribution in [0.1, 0.15) is 68.6 Å². The van der Waals surface area contributed by atoms with Gasteiger partial charge >= 0.3 is 0 Å². The third-order valence-corrected chi connectivity index (χ3v) is 4.79. The second kappa shape index (κ2) is 13.6. The molecule has 27 heavy (non-hydrogen) atoms. The number of carbonyl (C=O) groups is 2. The molecule has 1 fully saturated rings. The van der Waals surface area contributed by atoms with E-state index >= 15 is 0 Å². The minimum absolute atomic E-state index is 0. The quantitative estimate of drug-likeness (QED) is 0.357. The second-order valence-corrected chi connectivity index (χ2v) is 7.03. The number of halogens is 1.